The average molecular weight is 452 g/mol. The number of nitrogens with zero attached hydrogens (tertiary/aromatic N) is 3. The molecule has 154 valence electrons. The highest BCUT2D eigenvalue weighted by Crippen LogP contribution is 2.33. The zero-order valence-electron chi connectivity index (χ0n) is 16.6. The predicted octanol–water partition coefficient (Wildman–Crippen LogP) is 5.60. The Bertz CT molecular complexity index is 1000. The van der Waals surface area contributed by atoms with Crippen LogP contribution in [0.3, 0.4) is 0 Å². The molecular weight excluding hydrogens is 429 g/mol. The molecule has 1 aromatic heterocycles. The molecule has 0 saturated carbocycles. The molecule has 0 spiro atoms. The molecule has 1 amide bonds. The number of carbonyl (C=O) groups excluding carboxylic acids is 1. The van der Waals surface area contributed by atoms with E-state index in [1.54, 1.807) is 30.2 Å². The van der Waals surface area contributed by atoms with Crippen LogP contribution in [0, 0.1) is 0 Å². The molecule has 0 aliphatic heterocycles. The van der Waals surface area contributed by atoms with Crippen molar-refractivity contribution in [2.75, 3.05) is 38.2 Å². The molecule has 0 saturated heterocycles. The van der Waals surface area contributed by atoms with Crippen molar-refractivity contribution in [1.29, 1.82) is 0 Å². The third kappa shape index (κ3) is 5.01. The van der Waals surface area contributed by atoms with Crippen LogP contribution in [-0.2, 0) is 0 Å². The molecule has 0 N–H and O–H groups in total. The van der Waals surface area contributed by atoms with Gasteiger partial charge in [-0.3, -0.25) is 9.69 Å². The fourth-order valence-electron chi connectivity index (χ4n) is 3.01. The number of halogens is 2. The average Bonchev–Trinajstić information content (AvgIpc) is 3.13. The number of rotatable bonds is 8. The van der Waals surface area contributed by atoms with Crippen LogP contribution in [0.2, 0.25) is 10.0 Å². The molecule has 29 heavy (non-hydrogen) atoms. The lowest BCUT2D eigenvalue weighted by Crippen LogP contribution is -2.39. The maximum Gasteiger partial charge on any atom is 0.261 e. The van der Waals surface area contributed by atoms with Gasteiger partial charge in [-0.15, -0.1) is 0 Å². The van der Waals surface area contributed by atoms with E-state index in [0.29, 0.717) is 27.3 Å². The summed E-state index contributed by atoms with van der Waals surface area (Å²) in [5.41, 5.74) is 1.24. The summed E-state index contributed by atoms with van der Waals surface area (Å²) >= 11 is 13.8. The second-order valence-corrected chi connectivity index (χ2v) is 8.29. The molecule has 0 aliphatic rings. The Morgan fingerprint density at radius 2 is 1.86 bits per heavy atom. The molecule has 0 atom stereocenters. The number of anilines is 1. The van der Waals surface area contributed by atoms with Crippen LogP contribution < -0.4 is 9.64 Å². The molecule has 3 aromatic rings. The molecule has 0 unspecified atom stereocenters. The Kier molecular flexibility index (Phi) is 7.35. The van der Waals surface area contributed by atoms with E-state index in [0.717, 1.165) is 35.6 Å². The van der Waals surface area contributed by atoms with Gasteiger partial charge in [0.2, 0.25) is 0 Å². The number of carbonyl (C=O) groups is 1. The van der Waals surface area contributed by atoms with Gasteiger partial charge >= 0.3 is 0 Å². The lowest BCUT2D eigenvalue weighted by molar-refractivity contribution is 0.0984. The Labute approximate surface area is 184 Å². The number of methoxy groups -OCH3 is 1. The number of aromatic nitrogens is 1. The second kappa shape index (κ2) is 9.76. The normalized spacial score (nSPS) is 11.2. The first-order valence-corrected chi connectivity index (χ1v) is 11.0. The summed E-state index contributed by atoms with van der Waals surface area (Å²) in [5, 5.41) is 1.46. The van der Waals surface area contributed by atoms with Gasteiger partial charge in [0.15, 0.2) is 5.13 Å². The number of hydrogen-bond acceptors (Lipinski definition) is 5. The van der Waals surface area contributed by atoms with Gasteiger partial charge in [-0.1, -0.05) is 48.4 Å². The first-order valence-electron chi connectivity index (χ1n) is 9.40. The van der Waals surface area contributed by atoms with Gasteiger partial charge in [-0.05, 0) is 49.5 Å². The van der Waals surface area contributed by atoms with Crippen LogP contribution in [0.15, 0.2) is 36.4 Å². The van der Waals surface area contributed by atoms with Gasteiger partial charge in [-0.25, -0.2) is 4.98 Å². The monoisotopic (exact) mass is 451 g/mol. The van der Waals surface area contributed by atoms with E-state index in [-0.39, 0.29) is 5.91 Å². The van der Waals surface area contributed by atoms with E-state index in [2.05, 4.69) is 18.7 Å². The minimum absolute atomic E-state index is 0.190. The zero-order chi connectivity index (χ0) is 21.0. The van der Waals surface area contributed by atoms with E-state index >= 15 is 0 Å². The summed E-state index contributed by atoms with van der Waals surface area (Å²) in [6.45, 7) is 7.29. The van der Waals surface area contributed by atoms with Gasteiger partial charge in [-0.2, -0.15) is 0 Å². The van der Waals surface area contributed by atoms with Crippen LogP contribution in [0.5, 0.6) is 5.75 Å². The number of ether oxygens (including phenoxy) is 1. The predicted molar refractivity (Wildman–Crippen MR) is 122 cm³/mol. The van der Waals surface area contributed by atoms with Crippen LogP contribution in [-0.4, -0.2) is 49.1 Å². The summed E-state index contributed by atoms with van der Waals surface area (Å²) in [6.07, 6.45) is 0. The smallest absolute Gasteiger partial charge is 0.261 e. The van der Waals surface area contributed by atoms with Gasteiger partial charge in [0.25, 0.3) is 5.91 Å². The molecule has 1 heterocycles. The Morgan fingerprint density at radius 3 is 2.52 bits per heavy atom. The fourth-order valence-corrected chi connectivity index (χ4v) is 4.52. The third-order valence-electron chi connectivity index (χ3n) is 4.76. The minimum atomic E-state index is -0.190. The van der Waals surface area contributed by atoms with E-state index < -0.39 is 0 Å². The molecule has 0 radical (unpaired) electrons. The van der Waals surface area contributed by atoms with E-state index in [4.69, 9.17) is 32.9 Å². The Hall–Kier alpha value is -1.86. The maximum atomic E-state index is 13.4. The molecule has 3 rings (SSSR count). The fraction of sp³-hybridized carbons (Fsp3) is 0.333. The van der Waals surface area contributed by atoms with E-state index in [1.165, 1.54) is 11.3 Å². The van der Waals surface area contributed by atoms with Crippen LogP contribution in [0.1, 0.15) is 24.2 Å². The quantitative estimate of drug-likeness (QED) is 0.446. The lowest BCUT2D eigenvalue weighted by Gasteiger charge is -2.25. The van der Waals surface area contributed by atoms with Crippen molar-refractivity contribution in [2.45, 2.75) is 13.8 Å². The van der Waals surface area contributed by atoms with Crippen molar-refractivity contribution >= 4 is 55.8 Å². The first kappa shape index (κ1) is 21.8. The maximum absolute atomic E-state index is 13.4. The minimum Gasteiger partial charge on any atom is -0.497 e. The largest absolute Gasteiger partial charge is 0.497 e. The summed E-state index contributed by atoms with van der Waals surface area (Å²) < 4.78 is 6.27. The van der Waals surface area contributed by atoms with Gasteiger partial charge in [0.1, 0.15) is 5.75 Å². The molecule has 0 aliphatic carbocycles. The van der Waals surface area contributed by atoms with Gasteiger partial charge in [0, 0.05) is 18.1 Å². The van der Waals surface area contributed by atoms with Crippen molar-refractivity contribution in [3.63, 3.8) is 0 Å². The first-order chi connectivity index (χ1) is 14.0. The molecule has 5 nitrogen and oxygen atoms in total. The van der Waals surface area contributed by atoms with Gasteiger partial charge < -0.3 is 9.64 Å². The number of benzene rings is 2. The summed E-state index contributed by atoms with van der Waals surface area (Å²) in [6, 6.07) is 10.6. The van der Waals surface area contributed by atoms with Gasteiger partial charge in [0.05, 0.1) is 27.9 Å². The van der Waals surface area contributed by atoms with Crippen molar-refractivity contribution in [1.82, 2.24) is 9.88 Å². The van der Waals surface area contributed by atoms with E-state index in [1.807, 2.05) is 18.2 Å². The lowest BCUT2D eigenvalue weighted by atomic mass is 10.2. The SMILES string of the molecule is CCN(CC)CCN(C(=O)c1ccc(Cl)cc1Cl)c1nc2ccc(OC)cc2s1. The van der Waals surface area contributed by atoms with Crippen molar-refractivity contribution in [2.24, 2.45) is 0 Å². The van der Waals surface area contributed by atoms with Crippen molar-refractivity contribution in [3.05, 3.63) is 52.0 Å². The number of likely N-dealkylation sites (N-methyl/N-ethyl adjacent to an activating group) is 1. The molecule has 2 aromatic carbocycles. The highest BCUT2D eigenvalue weighted by Gasteiger charge is 2.24. The topological polar surface area (TPSA) is 45.7 Å². The third-order valence-corrected chi connectivity index (χ3v) is 6.35. The summed E-state index contributed by atoms with van der Waals surface area (Å²) in [5.74, 6) is 0.569. The van der Waals surface area contributed by atoms with E-state index in [9.17, 15) is 4.79 Å². The number of thiazole rings is 1. The van der Waals surface area contributed by atoms with Crippen LogP contribution in [0.4, 0.5) is 5.13 Å². The molecule has 0 fully saturated rings. The zero-order valence-corrected chi connectivity index (χ0v) is 18.9. The summed E-state index contributed by atoms with van der Waals surface area (Å²) in [4.78, 5) is 22.0. The second-order valence-electron chi connectivity index (χ2n) is 6.44. The summed E-state index contributed by atoms with van der Waals surface area (Å²) in [7, 11) is 1.63. The number of amides is 1. The standard InChI is InChI=1S/C21H23Cl2N3O2S/c1-4-25(5-2)10-11-26(20(27)16-8-6-14(22)12-17(16)23)21-24-18-9-7-15(28-3)13-19(18)29-21/h6-9,12-13H,4-5,10-11H2,1-3H3. The van der Waals surface area contributed by atoms with Crippen LogP contribution >= 0.6 is 34.5 Å². The Balaban J connectivity index is 1.99. The molecule has 8 heteroatoms. The number of hydrogen-bond donors (Lipinski definition) is 0. The highest BCUT2D eigenvalue weighted by molar-refractivity contribution is 7.22. The molecule has 0 bridgehead atoms. The highest BCUT2D eigenvalue weighted by atomic mass is 35.5. The Morgan fingerprint density at radius 1 is 1.10 bits per heavy atom. The molecular formula is C21H23Cl2N3O2S. The van der Waals surface area contributed by atoms with Crippen molar-refractivity contribution in [3.8, 4) is 5.75 Å². The van der Waals surface area contributed by atoms with Crippen molar-refractivity contribution < 1.29 is 9.53 Å². The number of fused-ring (bicyclic) bond motifs is 1. The van der Waals surface area contributed by atoms with Crippen LogP contribution in [0.25, 0.3) is 10.2 Å².